The highest BCUT2D eigenvalue weighted by molar-refractivity contribution is 6.33. The van der Waals surface area contributed by atoms with E-state index < -0.39 is 11.9 Å². The first-order valence-corrected chi connectivity index (χ1v) is 9.46. The van der Waals surface area contributed by atoms with Crippen LogP contribution >= 0.6 is 11.6 Å². The van der Waals surface area contributed by atoms with E-state index in [1.807, 2.05) is 6.07 Å². The molecule has 7 nitrogen and oxygen atoms in total. The van der Waals surface area contributed by atoms with Gasteiger partial charge in [-0.3, -0.25) is 9.59 Å². The van der Waals surface area contributed by atoms with Crippen LogP contribution in [0.15, 0.2) is 59.4 Å². The maximum Gasteiger partial charge on any atom is 0.267 e. The van der Waals surface area contributed by atoms with Gasteiger partial charge in [0.2, 0.25) is 5.91 Å². The largest absolute Gasteiger partial charge is 0.486 e. The van der Waals surface area contributed by atoms with Crippen molar-refractivity contribution >= 4 is 23.2 Å². The molecule has 2 heterocycles. The third kappa shape index (κ3) is 3.95. The van der Waals surface area contributed by atoms with Crippen LogP contribution in [0.1, 0.15) is 13.0 Å². The number of halogens is 1. The fourth-order valence-electron chi connectivity index (χ4n) is 2.97. The Bertz CT molecular complexity index is 1130. The molecule has 0 radical (unpaired) electrons. The maximum absolute atomic E-state index is 12.7. The number of nitrogens with zero attached hydrogens (tertiary/aromatic N) is 2. The highest BCUT2D eigenvalue weighted by atomic mass is 35.5. The van der Waals surface area contributed by atoms with Gasteiger partial charge in [-0.1, -0.05) is 23.7 Å². The molecule has 1 aliphatic heterocycles. The lowest BCUT2D eigenvalue weighted by atomic mass is 10.1. The van der Waals surface area contributed by atoms with E-state index >= 15 is 0 Å². The first-order chi connectivity index (χ1) is 14.0. The van der Waals surface area contributed by atoms with Crippen molar-refractivity contribution in [1.82, 2.24) is 9.78 Å². The summed E-state index contributed by atoms with van der Waals surface area (Å²) in [5, 5.41) is 7.53. The first kappa shape index (κ1) is 19.0. The van der Waals surface area contributed by atoms with Crippen molar-refractivity contribution in [3.05, 3.63) is 70.0 Å². The van der Waals surface area contributed by atoms with E-state index in [0.29, 0.717) is 41.1 Å². The van der Waals surface area contributed by atoms with Gasteiger partial charge in [0.05, 0.1) is 16.4 Å². The van der Waals surface area contributed by atoms with Crippen molar-refractivity contribution < 1.29 is 14.3 Å². The standard InChI is InChI=1S/C21H18ClN3O4/c1-13(21(27)23-17-5-3-2-4-15(17)22)25-20(26)9-7-16(24-25)14-6-8-18-19(12-14)29-11-10-28-18/h2-9,12-13H,10-11H2,1H3,(H,23,27). The molecular weight excluding hydrogens is 394 g/mol. The average molecular weight is 412 g/mol. The zero-order valence-electron chi connectivity index (χ0n) is 15.6. The van der Waals surface area contributed by atoms with Gasteiger partial charge >= 0.3 is 0 Å². The Balaban J connectivity index is 1.62. The number of amides is 1. The molecule has 1 atom stereocenters. The van der Waals surface area contributed by atoms with E-state index in [4.69, 9.17) is 21.1 Å². The first-order valence-electron chi connectivity index (χ1n) is 9.08. The number of ether oxygens (including phenoxy) is 2. The van der Waals surface area contributed by atoms with Gasteiger partial charge in [0.25, 0.3) is 5.56 Å². The Labute approximate surface area is 171 Å². The molecule has 2 aromatic carbocycles. The number of carbonyl (C=O) groups is 1. The lowest BCUT2D eigenvalue weighted by molar-refractivity contribution is -0.119. The van der Waals surface area contributed by atoms with Crippen molar-refractivity contribution in [2.24, 2.45) is 0 Å². The highest BCUT2D eigenvalue weighted by Crippen LogP contribution is 2.33. The Kier molecular flexibility index (Phi) is 5.22. The van der Waals surface area contributed by atoms with Gasteiger partial charge in [-0.05, 0) is 43.3 Å². The number of benzene rings is 2. The third-order valence-electron chi connectivity index (χ3n) is 4.54. The topological polar surface area (TPSA) is 82.5 Å². The molecule has 1 unspecified atom stereocenters. The van der Waals surface area contributed by atoms with Crippen LogP contribution in [0.2, 0.25) is 5.02 Å². The number of anilines is 1. The van der Waals surface area contributed by atoms with Crippen LogP contribution in [0.4, 0.5) is 5.69 Å². The van der Waals surface area contributed by atoms with Gasteiger partial charge in [0.1, 0.15) is 19.3 Å². The molecule has 3 aromatic rings. The smallest absolute Gasteiger partial charge is 0.267 e. The minimum absolute atomic E-state index is 0.381. The molecule has 1 N–H and O–H groups in total. The van der Waals surface area contributed by atoms with Gasteiger partial charge in [-0.25, -0.2) is 4.68 Å². The van der Waals surface area contributed by atoms with Crippen molar-refractivity contribution in [2.75, 3.05) is 18.5 Å². The van der Waals surface area contributed by atoms with Gasteiger partial charge in [0.15, 0.2) is 11.5 Å². The Morgan fingerprint density at radius 2 is 1.86 bits per heavy atom. The van der Waals surface area contributed by atoms with Crippen LogP contribution in [-0.4, -0.2) is 28.9 Å². The van der Waals surface area contributed by atoms with Crippen molar-refractivity contribution in [3.8, 4) is 22.8 Å². The third-order valence-corrected chi connectivity index (χ3v) is 4.87. The van der Waals surface area contributed by atoms with Gasteiger partial charge in [-0.15, -0.1) is 0 Å². The molecule has 0 spiro atoms. The summed E-state index contributed by atoms with van der Waals surface area (Å²) < 4.78 is 12.3. The van der Waals surface area contributed by atoms with E-state index in [-0.39, 0.29) is 5.56 Å². The summed E-state index contributed by atoms with van der Waals surface area (Å²) in [6.45, 7) is 2.59. The molecule has 1 aromatic heterocycles. The second-order valence-corrected chi connectivity index (χ2v) is 6.91. The predicted molar refractivity (Wildman–Crippen MR) is 110 cm³/mol. The van der Waals surface area contributed by atoms with Gasteiger partial charge in [-0.2, -0.15) is 5.10 Å². The van der Waals surface area contributed by atoms with Gasteiger partial charge < -0.3 is 14.8 Å². The molecule has 29 heavy (non-hydrogen) atoms. The van der Waals surface area contributed by atoms with E-state index in [0.717, 1.165) is 10.2 Å². The van der Waals surface area contributed by atoms with Crippen LogP contribution < -0.4 is 20.3 Å². The number of fused-ring (bicyclic) bond motifs is 1. The zero-order valence-corrected chi connectivity index (χ0v) is 16.3. The quantitative estimate of drug-likeness (QED) is 0.710. The Morgan fingerprint density at radius 3 is 2.66 bits per heavy atom. The van der Waals surface area contributed by atoms with Crippen LogP contribution in [-0.2, 0) is 4.79 Å². The summed E-state index contributed by atoms with van der Waals surface area (Å²) in [4.78, 5) is 25.0. The lowest BCUT2D eigenvalue weighted by Gasteiger charge is -2.19. The summed E-state index contributed by atoms with van der Waals surface area (Å²) in [6.07, 6.45) is 0. The van der Waals surface area contributed by atoms with Crippen molar-refractivity contribution in [3.63, 3.8) is 0 Å². The molecule has 0 saturated heterocycles. The summed E-state index contributed by atoms with van der Waals surface area (Å²) in [5.74, 6) is 0.894. The summed E-state index contributed by atoms with van der Waals surface area (Å²) in [6, 6.07) is 14.5. The minimum atomic E-state index is -0.837. The van der Waals surface area contributed by atoms with Crippen LogP contribution in [0, 0.1) is 0 Å². The summed E-state index contributed by atoms with van der Waals surface area (Å²) in [5.41, 5.74) is 1.39. The van der Waals surface area contributed by atoms with E-state index in [1.54, 1.807) is 49.4 Å². The molecule has 8 heteroatoms. The van der Waals surface area contributed by atoms with Crippen LogP contribution in [0.3, 0.4) is 0 Å². The van der Waals surface area contributed by atoms with Crippen LogP contribution in [0.25, 0.3) is 11.3 Å². The molecule has 0 bridgehead atoms. The molecule has 1 aliphatic rings. The number of rotatable bonds is 4. The fraction of sp³-hybridized carbons (Fsp3) is 0.190. The number of nitrogens with one attached hydrogen (secondary N) is 1. The second-order valence-electron chi connectivity index (χ2n) is 6.50. The predicted octanol–water partition coefficient (Wildman–Crippen LogP) is 3.53. The highest BCUT2D eigenvalue weighted by Gasteiger charge is 2.20. The minimum Gasteiger partial charge on any atom is -0.486 e. The van der Waals surface area contributed by atoms with Crippen LogP contribution in [0.5, 0.6) is 11.5 Å². The average Bonchev–Trinajstić information content (AvgIpc) is 2.75. The molecular formula is C21H18ClN3O4. The number of hydrogen-bond acceptors (Lipinski definition) is 5. The second kappa shape index (κ2) is 7.97. The molecule has 0 aliphatic carbocycles. The summed E-state index contributed by atoms with van der Waals surface area (Å²) in [7, 11) is 0. The normalized spacial score (nSPS) is 13.6. The molecule has 0 saturated carbocycles. The SMILES string of the molecule is CC(C(=O)Nc1ccccc1Cl)n1nc(-c2ccc3c(c2)OCCO3)ccc1=O. The van der Waals surface area contributed by atoms with Crippen molar-refractivity contribution in [1.29, 1.82) is 0 Å². The molecule has 4 rings (SSSR count). The maximum atomic E-state index is 12.7. The fourth-order valence-corrected chi connectivity index (χ4v) is 3.15. The molecule has 1 amide bonds. The zero-order chi connectivity index (χ0) is 20.4. The number of carbonyl (C=O) groups excluding carboxylic acids is 1. The van der Waals surface area contributed by atoms with Gasteiger partial charge in [0, 0.05) is 11.6 Å². The monoisotopic (exact) mass is 411 g/mol. The van der Waals surface area contributed by atoms with E-state index in [9.17, 15) is 9.59 Å². The lowest BCUT2D eigenvalue weighted by Crippen LogP contribution is -2.33. The molecule has 0 fully saturated rings. The Morgan fingerprint density at radius 1 is 1.10 bits per heavy atom. The summed E-state index contributed by atoms with van der Waals surface area (Å²) >= 11 is 6.09. The number of aromatic nitrogens is 2. The van der Waals surface area contributed by atoms with E-state index in [2.05, 4.69) is 10.4 Å². The molecule has 148 valence electrons. The Hall–Kier alpha value is -3.32. The van der Waals surface area contributed by atoms with Crippen molar-refractivity contribution in [2.45, 2.75) is 13.0 Å². The number of para-hydroxylation sites is 1. The number of hydrogen-bond donors (Lipinski definition) is 1. The van der Waals surface area contributed by atoms with E-state index in [1.165, 1.54) is 6.07 Å².